The van der Waals surface area contributed by atoms with Gasteiger partial charge < -0.3 is 4.74 Å². The number of rotatable bonds is 7. The van der Waals surface area contributed by atoms with Crippen molar-refractivity contribution in [1.29, 1.82) is 0 Å². The first-order valence-electron chi connectivity index (χ1n) is 7.35. The molecule has 5 nitrogen and oxygen atoms in total. The van der Waals surface area contributed by atoms with Crippen LogP contribution in [0.2, 0.25) is 5.02 Å². The van der Waals surface area contributed by atoms with Crippen LogP contribution in [0.4, 0.5) is 5.69 Å². The van der Waals surface area contributed by atoms with Crippen molar-refractivity contribution < 1.29 is 17.9 Å². The van der Waals surface area contributed by atoms with Gasteiger partial charge in [0.15, 0.2) is 0 Å². The minimum atomic E-state index is -3.74. The van der Waals surface area contributed by atoms with Gasteiger partial charge in [0.2, 0.25) is 0 Å². The van der Waals surface area contributed by atoms with Crippen molar-refractivity contribution in [2.75, 3.05) is 11.3 Å². The molecular weight excluding hydrogens is 370 g/mol. The van der Waals surface area contributed by atoms with E-state index in [1.54, 1.807) is 37.4 Å². The van der Waals surface area contributed by atoms with Crippen LogP contribution in [-0.2, 0) is 26.0 Å². The summed E-state index contributed by atoms with van der Waals surface area (Å²) in [7, 11) is -3.74. The highest BCUT2D eigenvalue weighted by molar-refractivity contribution is 7.92. The molecule has 1 aromatic heterocycles. The summed E-state index contributed by atoms with van der Waals surface area (Å²) in [6.07, 6.45) is 0.772. The lowest BCUT2D eigenvalue weighted by Crippen LogP contribution is -2.15. The van der Waals surface area contributed by atoms with Gasteiger partial charge in [-0.1, -0.05) is 24.6 Å². The lowest BCUT2D eigenvalue weighted by atomic mass is 10.2. The predicted molar refractivity (Wildman–Crippen MR) is 96.3 cm³/mol. The SMILES string of the molecule is CCC(=O)OCCc1sccc1NS(=O)(=O)c1cccc(Cl)c1C. The molecule has 0 amide bonds. The van der Waals surface area contributed by atoms with Crippen molar-refractivity contribution in [3.63, 3.8) is 0 Å². The number of benzene rings is 1. The van der Waals surface area contributed by atoms with E-state index >= 15 is 0 Å². The maximum Gasteiger partial charge on any atom is 0.305 e. The van der Waals surface area contributed by atoms with E-state index in [1.165, 1.54) is 17.4 Å². The quantitative estimate of drug-likeness (QED) is 0.728. The fourth-order valence-electron chi connectivity index (χ4n) is 2.06. The summed E-state index contributed by atoms with van der Waals surface area (Å²) in [5, 5.41) is 2.19. The van der Waals surface area contributed by atoms with Crippen molar-refractivity contribution in [2.45, 2.75) is 31.6 Å². The van der Waals surface area contributed by atoms with E-state index in [4.69, 9.17) is 16.3 Å². The largest absolute Gasteiger partial charge is 0.465 e. The number of sulfonamides is 1. The standard InChI is InChI=1S/C16H18ClNO4S2/c1-3-16(19)22-9-7-14-13(8-10-23-14)18-24(20,21)15-6-4-5-12(17)11(15)2/h4-6,8,10,18H,3,7,9H2,1-2H3. The van der Waals surface area contributed by atoms with E-state index in [0.29, 0.717) is 29.1 Å². The maximum absolute atomic E-state index is 12.6. The molecule has 130 valence electrons. The Labute approximate surface area is 150 Å². The van der Waals surface area contributed by atoms with Gasteiger partial charge in [-0.2, -0.15) is 0 Å². The van der Waals surface area contributed by atoms with Crippen molar-refractivity contribution >= 4 is 44.6 Å². The van der Waals surface area contributed by atoms with Crippen molar-refractivity contribution in [3.8, 4) is 0 Å². The van der Waals surface area contributed by atoms with Crippen LogP contribution in [0.5, 0.6) is 0 Å². The number of esters is 1. The number of anilines is 1. The highest BCUT2D eigenvalue weighted by Gasteiger charge is 2.20. The smallest absolute Gasteiger partial charge is 0.305 e. The van der Waals surface area contributed by atoms with Crippen LogP contribution in [0, 0.1) is 6.92 Å². The minimum Gasteiger partial charge on any atom is -0.465 e. The molecule has 2 aromatic rings. The molecular formula is C16H18ClNO4S2. The van der Waals surface area contributed by atoms with Gasteiger partial charge in [-0.15, -0.1) is 11.3 Å². The number of halogens is 1. The third-order valence-corrected chi connectivity index (χ3v) is 6.28. The predicted octanol–water partition coefficient (Wildman–Crippen LogP) is 4.01. The average Bonchev–Trinajstić information content (AvgIpc) is 2.96. The first kappa shape index (κ1) is 18.8. The second-order valence-corrected chi connectivity index (χ2v) is 8.11. The normalized spacial score (nSPS) is 11.3. The van der Waals surface area contributed by atoms with Gasteiger partial charge in [0.1, 0.15) is 0 Å². The summed E-state index contributed by atoms with van der Waals surface area (Å²) < 4.78 is 32.8. The van der Waals surface area contributed by atoms with E-state index in [2.05, 4.69) is 4.72 Å². The fourth-order valence-corrected chi connectivity index (χ4v) is 4.54. The van der Waals surface area contributed by atoms with Crippen molar-refractivity contribution in [3.05, 3.63) is 45.1 Å². The Morgan fingerprint density at radius 2 is 2.08 bits per heavy atom. The number of hydrogen-bond acceptors (Lipinski definition) is 5. The van der Waals surface area contributed by atoms with Crippen molar-refractivity contribution in [1.82, 2.24) is 0 Å². The summed E-state index contributed by atoms with van der Waals surface area (Å²) in [5.41, 5.74) is 0.993. The summed E-state index contributed by atoms with van der Waals surface area (Å²) in [6.45, 7) is 3.61. The zero-order chi connectivity index (χ0) is 17.7. The minimum absolute atomic E-state index is 0.143. The number of carbonyl (C=O) groups excluding carboxylic acids is 1. The number of ether oxygens (including phenoxy) is 1. The molecule has 0 atom stereocenters. The van der Waals surface area contributed by atoms with Crippen LogP contribution < -0.4 is 4.72 Å². The molecule has 0 radical (unpaired) electrons. The lowest BCUT2D eigenvalue weighted by Gasteiger charge is -2.12. The molecule has 1 N–H and O–H groups in total. The Kier molecular flexibility index (Phi) is 6.26. The molecule has 0 aliphatic rings. The molecule has 8 heteroatoms. The van der Waals surface area contributed by atoms with Gasteiger partial charge in [-0.25, -0.2) is 8.42 Å². The van der Waals surface area contributed by atoms with Crippen LogP contribution in [0.25, 0.3) is 0 Å². The van der Waals surface area contributed by atoms with Gasteiger partial charge in [0.25, 0.3) is 10.0 Å². The van der Waals surface area contributed by atoms with E-state index in [-0.39, 0.29) is 17.5 Å². The topological polar surface area (TPSA) is 72.5 Å². The van der Waals surface area contributed by atoms with Crippen LogP contribution in [0.3, 0.4) is 0 Å². The number of hydrogen-bond donors (Lipinski definition) is 1. The Balaban J connectivity index is 2.15. The molecule has 0 aliphatic heterocycles. The van der Waals surface area contributed by atoms with Gasteiger partial charge in [-0.3, -0.25) is 9.52 Å². The molecule has 0 bridgehead atoms. The fraction of sp³-hybridized carbons (Fsp3) is 0.312. The van der Waals surface area contributed by atoms with Gasteiger partial charge in [-0.05, 0) is 36.1 Å². The molecule has 24 heavy (non-hydrogen) atoms. The zero-order valence-electron chi connectivity index (χ0n) is 13.3. The summed E-state index contributed by atoms with van der Waals surface area (Å²) in [4.78, 5) is 12.1. The molecule has 0 saturated heterocycles. The second kappa shape index (κ2) is 8.00. The second-order valence-electron chi connectivity index (χ2n) is 5.05. The van der Waals surface area contributed by atoms with Crippen LogP contribution in [-0.4, -0.2) is 21.0 Å². The Morgan fingerprint density at radius 1 is 1.33 bits per heavy atom. The zero-order valence-corrected chi connectivity index (χ0v) is 15.7. The Bertz CT molecular complexity index is 830. The van der Waals surface area contributed by atoms with E-state index in [1.807, 2.05) is 0 Å². The first-order chi connectivity index (χ1) is 11.3. The summed E-state index contributed by atoms with van der Waals surface area (Å²) >= 11 is 7.41. The highest BCUT2D eigenvalue weighted by Crippen LogP contribution is 2.28. The highest BCUT2D eigenvalue weighted by atomic mass is 35.5. The van der Waals surface area contributed by atoms with Crippen LogP contribution in [0.15, 0.2) is 34.5 Å². The Morgan fingerprint density at radius 3 is 2.79 bits per heavy atom. The lowest BCUT2D eigenvalue weighted by molar-refractivity contribution is -0.143. The number of thiophene rings is 1. The molecule has 2 rings (SSSR count). The number of nitrogens with one attached hydrogen (secondary N) is 1. The van der Waals surface area contributed by atoms with E-state index < -0.39 is 10.0 Å². The monoisotopic (exact) mass is 387 g/mol. The third-order valence-electron chi connectivity index (χ3n) is 3.38. The first-order valence-corrected chi connectivity index (χ1v) is 10.1. The molecule has 0 aliphatic carbocycles. The molecule has 0 spiro atoms. The van der Waals surface area contributed by atoms with Crippen molar-refractivity contribution in [2.24, 2.45) is 0 Å². The summed E-state index contributed by atoms with van der Waals surface area (Å²) in [5.74, 6) is -0.275. The van der Waals surface area contributed by atoms with E-state index in [0.717, 1.165) is 4.88 Å². The molecule has 0 saturated carbocycles. The molecule has 0 unspecified atom stereocenters. The molecule has 1 aromatic carbocycles. The maximum atomic E-state index is 12.6. The van der Waals surface area contributed by atoms with Gasteiger partial charge in [0, 0.05) is 22.7 Å². The van der Waals surface area contributed by atoms with Crippen LogP contribution in [0.1, 0.15) is 23.8 Å². The molecule has 1 heterocycles. The number of carbonyl (C=O) groups is 1. The van der Waals surface area contributed by atoms with Gasteiger partial charge >= 0.3 is 5.97 Å². The van der Waals surface area contributed by atoms with E-state index in [9.17, 15) is 13.2 Å². The average molecular weight is 388 g/mol. The Hall–Kier alpha value is -1.57. The van der Waals surface area contributed by atoms with Gasteiger partial charge in [0.05, 0.1) is 17.2 Å². The molecule has 0 fully saturated rings. The summed E-state index contributed by atoms with van der Waals surface area (Å²) in [6, 6.07) is 6.45. The van der Waals surface area contributed by atoms with Crippen LogP contribution >= 0.6 is 22.9 Å². The third kappa shape index (κ3) is 4.49.